The molecule has 0 radical (unpaired) electrons. The van der Waals surface area contributed by atoms with Gasteiger partial charge in [0.05, 0.1) is 11.3 Å². The minimum Gasteiger partial charge on any atom is -0.371 e. The molecule has 20 heavy (non-hydrogen) atoms. The van der Waals surface area contributed by atoms with Crippen LogP contribution in [0.5, 0.6) is 0 Å². The van der Waals surface area contributed by atoms with Gasteiger partial charge in [-0.05, 0) is 40.5 Å². The summed E-state index contributed by atoms with van der Waals surface area (Å²) in [5, 5.41) is 5.28. The number of nitrogens with one attached hydrogen (secondary N) is 2. The van der Waals surface area contributed by atoms with Gasteiger partial charge < -0.3 is 10.6 Å². The molecule has 2 N–H and O–H groups in total. The average molecular weight is 338 g/mol. The molecule has 0 bridgehead atoms. The van der Waals surface area contributed by atoms with Crippen molar-refractivity contribution in [2.24, 2.45) is 0 Å². The largest absolute Gasteiger partial charge is 0.371 e. The number of halogens is 2. The normalized spacial score (nSPS) is 10.2. The van der Waals surface area contributed by atoms with Gasteiger partial charge >= 0.3 is 0 Å². The van der Waals surface area contributed by atoms with Crippen molar-refractivity contribution in [1.82, 2.24) is 4.98 Å². The van der Waals surface area contributed by atoms with Crippen molar-refractivity contribution >= 4 is 33.3 Å². The lowest BCUT2D eigenvalue weighted by Crippen LogP contribution is -2.15. The Morgan fingerprint density at radius 2 is 2.10 bits per heavy atom. The highest BCUT2D eigenvalue weighted by atomic mass is 79.9. The van der Waals surface area contributed by atoms with E-state index < -0.39 is 11.7 Å². The number of pyridine rings is 1. The van der Waals surface area contributed by atoms with Gasteiger partial charge in [0.15, 0.2) is 11.6 Å². The number of benzene rings is 1. The molecule has 0 aliphatic rings. The summed E-state index contributed by atoms with van der Waals surface area (Å²) in [5.74, 6) is -1.15. The lowest BCUT2D eigenvalue weighted by molar-refractivity contribution is 0.102. The number of hydrogen-bond acceptors (Lipinski definition) is 3. The number of aromatic nitrogens is 1. The molecule has 0 saturated carbocycles. The molecular weight excluding hydrogens is 325 g/mol. The number of hydrogen-bond donors (Lipinski definition) is 2. The number of rotatable bonds is 3. The predicted molar refractivity (Wildman–Crippen MR) is 80.6 cm³/mol. The third-order valence-electron chi connectivity index (χ3n) is 2.81. The van der Waals surface area contributed by atoms with Gasteiger partial charge in [0.2, 0.25) is 0 Å². The van der Waals surface area contributed by atoms with E-state index >= 15 is 0 Å². The van der Waals surface area contributed by atoms with Gasteiger partial charge in [0.25, 0.3) is 5.91 Å². The van der Waals surface area contributed by atoms with Crippen molar-refractivity contribution in [3.63, 3.8) is 0 Å². The van der Waals surface area contributed by atoms with Crippen molar-refractivity contribution < 1.29 is 9.18 Å². The van der Waals surface area contributed by atoms with E-state index in [-0.39, 0.29) is 11.4 Å². The number of anilines is 2. The zero-order chi connectivity index (χ0) is 14.7. The minimum atomic E-state index is -0.670. The van der Waals surface area contributed by atoms with E-state index in [0.717, 1.165) is 10.0 Å². The molecular formula is C14H13BrFN3O. The number of amides is 1. The predicted octanol–water partition coefficient (Wildman–Crippen LogP) is 3.59. The third-order valence-corrected chi connectivity index (χ3v) is 3.86. The summed E-state index contributed by atoms with van der Waals surface area (Å²) in [6, 6.07) is 6.81. The highest BCUT2D eigenvalue weighted by Gasteiger charge is 2.16. The molecule has 1 heterocycles. The summed E-state index contributed by atoms with van der Waals surface area (Å²) in [7, 11) is 1.55. The van der Waals surface area contributed by atoms with E-state index in [2.05, 4.69) is 31.5 Å². The lowest BCUT2D eigenvalue weighted by Gasteiger charge is -2.10. The molecule has 0 aliphatic heterocycles. The van der Waals surface area contributed by atoms with E-state index in [1.54, 1.807) is 13.1 Å². The fourth-order valence-electron chi connectivity index (χ4n) is 1.73. The van der Waals surface area contributed by atoms with E-state index in [0.29, 0.717) is 5.69 Å². The lowest BCUT2D eigenvalue weighted by atomic mass is 10.2. The van der Waals surface area contributed by atoms with Crippen LogP contribution < -0.4 is 10.6 Å². The second-order valence-corrected chi connectivity index (χ2v) is 4.95. The van der Waals surface area contributed by atoms with Gasteiger partial charge in [-0.3, -0.25) is 4.79 Å². The van der Waals surface area contributed by atoms with Gasteiger partial charge in [0, 0.05) is 17.7 Å². The van der Waals surface area contributed by atoms with E-state index in [1.165, 1.54) is 12.3 Å². The minimum absolute atomic E-state index is 0.0426. The molecule has 0 unspecified atom stereocenters. The molecule has 1 aromatic heterocycles. The third kappa shape index (κ3) is 2.80. The van der Waals surface area contributed by atoms with Crippen molar-refractivity contribution in [3.05, 3.63) is 51.9 Å². The molecule has 0 saturated heterocycles. The number of aryl methyl sites for hydroxylation is 1. The smallest absolute Gasteiger partial charge is 0.258 e. The van der Waals surface area contributed by atoms with Crippen LogP contribution in [0.2, 0.25) is 0 Å². The van der Waals surface area contributed by atoms with Gasteiger partial charge in [-0.1, -0.05) is 12.1 Å². The van der Waals surface area contributed by atoms with Crippen LogP contribution in [0.15, 0.2) is 34.9 Å². The Labute approximate surface area is 124 Å². The number of carbonyl (C=O) groups excluding carboxylic acids is 1. The summed E-state index contributed by atoms with van der Waals surface area (Å²) in [5.41, 5.74) is 1.52. The van der Waals surface area contributed by atoms with Crippen LogP contribution in [0, 0.1) is 12.7 Å². The standard InChI is InChI=1S/C14H13BrFN3O/c1-8-4-3-5-10(11(8)15)19-14(20)9-6-7-18-13(17-2)12(9)16/h3-7H,1-2H3,(H,17,18)(H,19,20). The first-order valence-electron chi connectivity index (χ1n) is 5.93. The Morgan fingerprint density at radius 3 is 2.80 bits per heavy atom. The molecule has 0 spiro atoms. The fraction of sp³-hybridized carbons (Fsp3) is 0.143. The number of carbonyl (C=O) groups is 1. The maximum atomic E-state index is 14.0. The molecule has 1 amide bonds. The van der Waals surface area contributed by atoms with Crippen molar-refractivity contribution in [2.45, 2.75) is 6.92 Å². The summed E-state index contributed by atoms with van der Waals surface area (Å²) < 4.78 is 14.8. The topological polar surface area (TPSA) is 54.0 Å². The van der Waals surface area contributed by atoms with E-state index in [9.17, 15) is 9.18 Å². The zero-order valence-electron chi connectivity index (χ0n) is 11.0. The van der Waals surface area contributed by atoms with Crippen LogP contribution in [-0.2, 0) is 0 Å². The van der Waals surface area contributed by atoms with Crippen LogP contribution in [0.1, 0.15) is 15.9 Å². The van der Waals surface area contributed by atoms with Crippen molar-refractivity contribution in [2.75, 3.05) is 17.7 Å². The van der Waals surface area contributed by atoms with Gasteiger partial charge in [-0.15, -0.1) is 0 Å². The van der Waals surface area contributed by atoms with Crippen LogP contribution >= 0.6 is 15.9 Å². The Kier molecular flexibility index (Phi) is 4.34. The summed E-state index contributed by atoms with van der Waals surface area (Å²) in [6.07, 6.45) is 1.38. The Morgan fingerprint density at radius 1 is 1.35 bits per heavy atom. The number of nitrogens with zero attached hydrogens (tertiary/aromatic N) is 1. The van der Waals surface area contributed by atoms with Gasteiger partial charge in [0.1, 0.15) is 0 Å². The molecule has 1 aromatic carbocycles. The maximum Gasteiger partial charge on any atom is 0.258 e. The highest BCUT2D eigenvalue weighted by molar-refractivity contribution is 9.10. The van der Waals surface area contributed by atoms with Crippen molar-refractivity contribution in [3.8, 4) is 0 Å². The molecule has 2 aromatic rings. The Balaban J connectivity index is 2.31. The quantitative estimate of drug-likeness (QED) is 0.899. The molecule has 104 valence electrons. The Bertz CT molecular complexity index is 661. The maximum absolute atomic E-state index is 14.0. The second kappa shape index (κ2) is 6.00. The second-order valence-electron chi connectivity index (χ2n) is 4.16. The summed E-state index contributed by atoms with van der Waals surface area (Å²) in [6.45, 7) is 1.91. The first-order chi connectivity index (χ1) is 9.54. The van der Waals surface area contributed by atoms with Crippen molar-refractivity contribution in [1.29, 1.82) is 0 Å². The molecule has 0 atom stereocenters. The monoisotopic (exact) mass is 337 g/mol. The first kappa shape index (κ1) is 14.5. The van der Waals surface area contributed by atoms with E-state index in [1.807, 2.05) is 19.1 Å². The zero-order valence-corrected chi connectivity index (χ0v) is 12.6. The SMILES string of the molecule is CNc1nccc(C(=O)Nc2cccc(C)c2Br)c1F. The van der Waals surface area contributed by atoms with Crippen LogP contribution in [-0.4, -0.2) is 17.9 Å². The average Bonchev–Trinajstić information content (AvgIpc) is 2.44. The highest BCUT2D eigenvalue weighted by Crippen LogP contribution is 2.26. The van der Waals surface area contributed by atoms with Crippen LogP contribution in [0.4, 0.5) is 15.9 Å². The Hall–Kier alpha value is -1.95. The summed E-state index contributed by atoms with van der Waals surface area (Å²) in [4.78, 5) is 15.9. The molecule has 2 rings (SSSR count). The van der Waals surface area contributed by atoms with E-state index in [4.69, 9.17) is 0 Å². The molecule has 0 aliphatic carbocycles. The van der Waals surface area contributed by atoms with Gasteiger partial charge in [-0.2, -0.15) is 0 Å². The molecule has 0 fully saturated rings. The fourth-order valence-corrected chi connectivity index (χ4v) is 2.09. The van der Waals surface area contributed by atoms with Crippen LogP contribution in [0.25, 0.3) is 0 Å². The molecule has 6 heteroatoms. The summed E-state index contributed by atoms with van der Waals surface area (Å²) >= 11 is 3.39. The molecule has 4 nitrogen and oxygen atoms in total. The van der Waals surface area contributed by atoms with Crippen LogP contribution in [0.3, 0.4) is 0 Å². The first-order valence-corrected chi connectivity index (χ1v) is 6.72. The van der Waals surface area contributed by atoms with Gasteiger partial charge in [-0.25, -0.2) is 9.37 Å².